The maximum atomic E-state index is 12.1. The van der Waals surface area contributed by atoms with Gasteiger partial charge in [0.1, 0.15) is 0 Å². The van der Waals surface area contributed by atoms with Gasteiger partial charge in [0, 0.05) is 13.0 Å². The lowest BCUT2D eigenvalue weighted by molar-refractivity contribution is -0.117. The number of aliphatic hydroxyl groups is 1. The topological polar surface area (TPSA) is 46.5 Å². The maximum Gasteiger partial charge on any atom is 0.155 e. The molecule has 0 unspecified atom stereocenters. The van der Waals surface area contributed by atoms with E-state index in [2.05, 4.69) is 27.7 Å². The standard InChI is InChI=1S/C27H42O3/c1-16(15-28)5-8-23-17(2)25-24(30-23)14-22-20-7-6-18-13-19(29)9-11-26(18,3)21(20)10-12-27(22,25)4/h13,16-17,20-25,28H,5-12,14-15H2,1-4H3/t16-,17+,20+,21-,22-,23+,24-,25-,26-,27-/m0/s1. The van der Waals surface area contributed by atoms with Gasteiger partial charge >= 0.3 is 0 Å². The fourth-order valence-electron chi connectivity index (χ4n) is 9.12. The van der Waals surface area contributed by atoms with E-state index < -0.39 is 0 Å². The molecule has 1 saturated heterocycles. The molecule has 0 aromatic carbocycles. The molecule has 0 radical (unpaired) electrons. The van der Waals surface area contributed by atoms with E-state index in [0.717, 1.165) is 49.9 Å². The molecule has 10 atom stereocenters. The summed E-state index contributed by atoms with van der Waals surface area (Å²) in [6.07, 6.45) is 13.2. The largest absolute Gasteiger partial charge is 0.396 e. The lowest BCUT2D eigenvalue weighted by Gasteiger charge is -2.58. The Bertz CT molecular complexity index is 728. The molecule has 30 heavy (non-hydrogen) atoms. The van der Waals surface area contributed by atoms with Gasteiger partial charge in [0.25, 0.3) is 0 Å². The summed E-state index contributed by atoms with van der Waals surface area (Å²) in [6, 6.07) is 0. The molecular formula is C27H42O3. The summed E-state index contributed by atoms with van der Waals surface area (Å²) in [6.45, 7) is 9.98. The van der Waals surface area contributed by atoms with Crippen LogP contribution in [0.2, 0.25) is 0 Å². The van der Waals surface area contributed by atoms with Crippen molar-refractivity contribution in [1.82, 2.24) is 0 Å². The van der Waals surface area contributed by atoms with Crippen molar-refractivity contribution in [2.75, 3.05) is 6.61 Å². The Balaban J connectivity index is 1.35. The van der Waals surface area contributed by atoms with Gasteiger partial charge in [0.05, 0.1) is 12.2 Å². The average Bonchev–Trinajstić information content (AvgIpc) is 3.20. The molecule has 3 nitrogen and oxygen atoms in total. The summed E-state index contributed by atoms with van der Waals surface area (Å²) in [5.41, 5.74) is 2.17. The third-order valence-electron chi connectivity index (χ3n) is 10.8. The minimum absolute atomic E-state index is 0.269. The molecule has 1 aliphatic heterocycles. The van der Waals surface area contributed by atoms with Gasteiger partial charge in [0.2, 0.25) is 0 Å². The van der Waals surface area contributed by atoms with Crippen LogP contribution in [0.5, 0.6) is 0 Å². The van der Waals surface area contributed by atoms with Gasteiger partial charge in [-0.15, -0.1) is 0 Å². The fraction of sp³-hybridized carbons (Fsp3) is 0.889. The molecule has 0 aromatic heterocycles. The molecule has 0 aromatic rings. The Morgan fingerprint density at radius 1 is 1.20 bits per heavy atom. The highest BCUT2D eigenvalue weighted by Crippen LogP contribution is 2.69. The Hall–Kier alpha value is -0.670. The Kier molecular flexibility index (Phi) is 5.26. The van der Waals surface area contributed by atoms with Gasteiger partial charge in [-0.1, -0.05) is 33.3 Å². The molecule has 168 valence electrons. The summed E-state index contributed by atoms with van der Waals surface area (Å²) in [5, 5.41) is 9.40. The van der Waals surface area contributed by atoms with Crippen LogP contribution in [0, 0.1) is 46.3 Å². The third kappa shape index (κ3) is 3.01. The second-order valence-corrected chi connectivity index (χ2v) is 12.2. The predicted octanol–water partition coefficient (Wildman–Crippen LogP) is 5.56. The number of rotatable bonds is 4. The smallest absolute Gasteiger partial charge is 0.155 e. The highest BCUT2D eigenvalue weighted by Gasteiger charge is 2.65. The van der Waals surface area contributed by atoms with Crippen molar-refractivity contribution in [2.45, 2.75) is 97.7 Å². The lowest BCUT2D eigenvalue weighted by atomic mass is 9.46. The first kappa shape index (κ1) is 21.2. The molecule has 1 heterocycles. The van der Waals surface area contributed by atoms with Crippen LogP contribution >= 0.6 is 0 Å². The van der Waals surface area contributed by atoms with Gasteiger partial charge in [-0.2, -0.15) is 0 Å². The van der Waals surface area contributed by atoms with Crippen LogP contribution in [0.4, 0.5) is 0 Å². The van der Waals surface area contributed by atoms with E-state index in [0.29, 0.717) is 41.2 Å². The van der Waals surface area contributed by atoms with E-state index >= 15 is 0 Å². The minimum atomic E-state index is 0.269. The predicted molar refractivity (Wildman–Crippen MR) is 119 cm³/mol. The zero-order valence-electron chi connectivity index (χ0n) is 19.5. The number of fused-ring (bicyclic) bond motifs is 7. The molecule has 5 aliphatic rings. The van der Waals surface area contributed by atoms with E-state index in [1.807, 2.05) is 6.08 Å². The summed E-state index contributed by atoms with van der Waals surface area (Å²) in [7, 11) is 0. The molecule has 0 spiro atoms. The first-order valence-corrected chi connectivity index (χ1v) is 12.8. The summed E-state index contributed by atoms with van der Waals surface area (Å²) < 4.78 is 6.74. The second kappa shape index (κ2) is 7.44. The van der Waals surface area contributed by atoms with E-state index in [4.69, 9.17) is 4.74 Å². The SMILES string of the molecule is C[C@H](CO)CC[C@H]1O[C@H]2C[C@H]3[C@@H]4CCC5=CC(=O)CC[C@]5(C)[C@H]4CC[C@]3(C)[C@H]2[C@@H]1C. The van der Waals surface area contributed by atoms with Crippen LogP contribution in [-0.4, -0.2) is 29.7 Å². The van der Waals surface area contributed by atoms with Crippen molar-refractivity contribution in [2.24, 2.45) is 46.3 Å². The van der Waals surface area contributed by atoms with Gasteiger partial charge in [-0.05, 0) is 104 Å². The fourth-order valence-corrected chi connectivity index (χ4v) is 9.12. The van der Waals surface area contributed by atoms with Crippen molar-refractivity contribution in [1.29, 1.82) is 0 Å². The van der Waals surface area contributed by atoms with Crippen LogP contribution in [0.1, 0.15) is 85.5 Å². The lowest BCUT2D eigenvalue weighted by Crippen LogP contribution is -2.51. The highest BCUT2D eigenvalue weighted by molar-refractivity contribution is 5.91. The zero-order chi connectivity index (χ0) is 21.3. The quantitative estimate of drug-likeness (QED) is 0.655. The molecule has 3 saturated carbocycles. The molecule has 3 heteroatoms. The van der Waals surface area contributed by atoms with Crippen LogP contribution in [0.3, 0.4) is 0 Å². The van der Waals surface area contributed by atoms with Crippen LogP contribution in [0.15, 0.2) is 11.6 Å². The molecular weight excluding hydrogens is 372 g/mol. The summed E-state index contributed by atoms with van der Waals surface area (Å²) in [4.78, 5) is 12.1. The average molecular weight is 415 g/mol. The summed E-state index contributed by atoms with van der Waals surface area (Å²) in [5.74, 6) is 4.45. The van der Waals surface area contributed by atoms with E-state index in [1.165, 1.54) is 31.3 Å². The van der Waals surface area contributed by atoms with Gasteiger partial charge in [-0.25, -0.2) is 0 Å². The minimum Gasteiger partial charge on any atom is -0.396 e. The van der Waals surface area contributed by atoms with E-state index in [-0.39, 0.29) is 12.0 Å². The molecule has 0 bridgehead atoms. The maximum absolute atomic E-state index is 12.1. The number of ether oxygens (including phenoxy) is 1. The number of hydrogen-bond acceptors (Lipinski definition) is 3. The second-order valence-electron chi connectivity index (χ2n) is 12.2. The van der Waals surface area contributed by atoms with Crippen LogP contribution in [-0.2, 0) is 9.53 Å². The first-order valence-electron chi connectivity index (χ1n) is 12.8. The van der Waals surface area contributed by atoms with Crippen molar-refractivity contribution in [3.05, 3.63) is 11.6 Å². The van der Waals surface area contributed by atoms with E-state index in [9.17, 15) is 9.90 Å². The third-order valence-corrected chi connectivity index (χ3v) is 10.8. The molecule has 5 rings (SSSR count). The van der Waals surface area contributed by atoms with E-state index in [1.54, 1.807) is 0 Å². The number of allylic oxidation sites excluding steroid dienone is 1. The normalized spacial score (nSPS) is 50.9. The molecule has 1 N–H and O–H groups in total. The Morgan fingerprint density at radius 3 is 2.77 bits per heavy atom. The number of hydrogen-bond donors (Lipinski definition) is 1. The molecule has 4 aliphatic carbocycles. The Labute approximate surface area is 183 Å². The van der Waals surface area contributed by atoms with Gasteiger partial charge in [-0.3, -0.25) is 4.79 Å². The van der Waals surface area contributed by atoms with Gasteiger partial charge < -0.3 is 9.84 Å². The van der Waals surface area contributed by atoms with Crippen molar-refractivity contribution in [3.63, 3.8) is 0 Å². The van der Waals surface area contributed by atoms with Gasteiger partial charge in [0.15, 0.2) is 5.78 Å². The summed E-state index contributed by atoms with van der Waals surface area (Å²) >= 11 is 0. The number of carbonyl (C=O) groups excluding carboxylic acids is 1. The number of carbonyl (C=O) groups is 1. The zero-order valence-corrected chi connectivity index (χ0v) is 19.5. The highest BCUT2D eigenvalue weighted by atomic mass is 16.5. The molecule has 0 amide bonds. The molecule has 4 fully saturated rings. The Morgan fingerprint density at radius 2 is 2.00 bits per heavy atom. The van der Waals surface area contributed by atoms with Crippen LogP contribution in [0.25, 0.3) is 0 Å². The van der Waals surface area contributed by atoms with Crippen molar-refractivity contribution in [3.8, 4) is 0 Å². The number of aliphatic hydroxyl groups excluding tert-OH is 1. The monoisotopic (exact) mass is 414 g/mol. The van der Waals surface area contributed by atoms with Crippen molar-refractivity contribution >= 4 is 5.78 Å². The van der Waals surface area contributed by atoms with Crippen molar-refractivity contribution < 1.29 is 14.6 Å². The van der Waals surface area contributed by atoms with Crippen LogP contribution < -0.4 is 0 Å². The number of ketones is 1. The first-order chi connectivity index (χ1) is 14.3.